The van der Waals surface area contributed by atoms with Gasteiger partial charge in [0, 0.05) is 33.3 Å². The van der Waals surface area contributed by atoms with Gasteiger partial charge in [0.05, 0.1) is 21.9 Å². The van der Waals surface area contributed by atoms with Gasteiger partial charge in [0.2, 0.25) is 0 Å². The molecule has 242 valence electrons. The maximum atomic E-state index is 4.70. The maximum Gasteiger partial charge on any atom is 0.137 e. The molecule has 0 unspecified atom stereocenters. The number of hydrogen-bond donors (Lipinski definition) is 0. The monoisotopic (exact) mass is 653 g/mol. The lowest BCUT2D eigenvalue weighted by molar-refractivity contribution is 1.00. The van der Waals surface area contributed by atoms with Crippen LogP contribution in [0.3, 0.4) is 0 Å². The molecule has 0 N–H and O–H groups in total. The topological polar surface area (TPSA) is 22.8 Å². The number of hydrogen-bond acceptors (Lipinski definition) is 1. The fraction of sp³-hybridized carbons (Fsp3) is 0.0208. The minimum Gasteiger partial charge on any atom is -0.309 e. The van der Waals surface area contributed by atoms with Crippen LogP contribution in [0.1, 0.15) is 6.92 Å². The molecule has 0 aliphatic heterocycles. The Morgan fingerprint density at radius 3 is 1.71 bits per heavy atom. The number of benzene rings is 6. The molecule has 9 aromatic rings. The summed E-state index contributed by atoms with van der Waals surface area (Å²) in [4.78, 5) is 4.70. The third-order valence-electron chi connectivity index (χ3n) is 9.88. The van der Waals surface area contributed by atoms with Gasteiger partial charge in [-0.2, -0.15) is 0 Å². The van der Waals surface area contributed by atoms with E-state index in [-0.39, 0.29) is 0 Å². The number of nitrogens with zero attached hydrogens (tertiary/aromatic N) is 3. The zero-order valence-corrected chi connectivity index (χ0v) is 28.4. The van der Waals surface area contributed by atoms with Crippen LogP contribution < -0.4 is 10.6 Å². The number of pyridine rings is 1. The summed E-state index contributed by atoms with van der Waals surface area (Å²) in [6, 6.07) is 56.7. The van der Waals surface area contributed by atoms with Gasteiger partial charge in [0.15, 0.2) is 0 Å². The first-order chi connectivity index (χ1) is 25.2. The van der Waals surface area contributed by atoms with Crippen molar-refractivity contribution in [1.29, 1.82) is 0 Å². The van der Waals surface area contributed by atoms with Crippen LogP contribution in [0.2, 0.25) is 0 Å². The Bertz CT molecular complexity index is 2800. The Morgan fingerprint density at radius 2 is 1.08 bits per heavy atom. The van der Waals surface area contributed by atoms with Crippen molar-refractivity contribution in [2.24, 2.45) is 0 Å². The molecule has 51 heavy (non-hydrogen) atoms. The van der Waals surface area contributed by atoms with Crippen molar-refractivity contribution in [3.63, 3.8) is 0 Å². The molecule has 0 radical (unpaired) electrons. The minimum atomic E-state index is 0.896. The predicted molar refractivity (Wildman–Crippen MR) is 216 cm³/mol. The van der Waals surface area contributed by atoms with Crippen molar-refractivity contribution < 1.29 is 0 Å². The van der Waals surface area contributed by atoms with Crippen LogP contribution in [0.5, 0.6) is 0 Å². The second-order valence-electron chi connectivity index (χ2n) is 12.8. The number of rotatable bonds is 6. The van der Waals surface area contributed by atoms with Crippen LogP contribution in [0, 0.1) is 0 Å². The van der Waals surface area contributed by atoms with Crippen molar-refractivity contribution in [1.82, 2.24) is 14.1 Å². The number of para-hydroxylation sites is 1. The molecule has 3 aromatic heterocycles. The van der Waals surface area contributed by atoms with E-state index in [0.29, 0.717) is 0 Å². The Balaban J connectivity index is 1.26. The predicted octanol–water partition coefficient (Wildman–Crippen LogP) is 10.9. The van der Waals surface area contributed by atoms with E-state index in [1.54, 1.807) is 0 Å². The van der Waals surface area contributed by atoms with Crippen LogP contribution in [-0.2, 0) is 0 Å². The lowest BCUT2D eigenvalue weighted by Gasteiger charge is -2.14. The van der Waals surface area contributed by atoms with Gasteiger partial charge in [0.25, 0.3) is 0 Å². The van der Waals surface area contributed by atoms with E-state index >= 15 is 0 Å². The molecule has 0 bridgehead atoms. The van der Waals surface area contributed by atoms with Crippen molar-refractivity contribution in [2.75, 3.05) is 0 Å². The molecule has 0 fully saturated rings. The van der Waals surface area contributed by atoms with Crippen molar-refractivity contribution in [2.45, 2.75) is 6.92 Å². The largest absolute Gasteiger partial charge is 0.309 e. The normalized spacial score (nSPS) is 12.3. The second kappa shape index (κ2) is 12.6. The molecule has 3 heterocycles. The first-order valence-electron chi connectivity index (χ1n) is 17.4. The summed E-state index contributed by atoms with van der Waals surface area (Å²) in [6.45, 7) is 6.12. The summed E-state index contributed by atoms with van der Waals surface area (Å²) in [7, 11) is 0. The van der Waals surface area contributed by atoms with Gasteiger partial charge in [0.1, 0.15) is 5.82 Å². The molecule has 0 amide bonds. The highest BCUT2D eigenvalue weighted by molar-refractivity contribution is 6.10. The first kappa shape index (κ1) is 30.4. The van der Waals surface area contributed by atoms with E-state index in [9.17, 15) is 0 Å². The van der Waals surface area contributed by atoms with E-state index < -0.39 is 0 Å². The van der Waals surface area contributed by atoms with E-state index in [4.69, 9.17) is 4.98 Å². The van der Waals surface area contributed by atoms with Gasteiger partial charge < -0.3 is 4.57 Å². The SMILES string of the molecule is C=C/C=c1\c(=C/C)n(-c2ccccn2)c2ccc(-c3ccc4c(c3)c3ccccc3n4-c3cc(-c4ccccc4)cc(-c4ccccc4)c3)cc12. The molecule has 3 nitrogen and oxygen atoms in total. The smallest absolute Gasteiger partial charge is 0.137 e. The third-order valence-corrected chi connectivity index (χ3v) is 9.88. The molecular weight excluding hydrogens is 619 g/mol. The highest BCUT2D eigenvalue weighted by Gasteiger charge is 2.17. The van der Waals surface area contributed by atoms with Gasteiger partial charge in [-0.25, -0.2) is 4.98 Å². The molecule has 0 saturated carbocycles. The van der Waals surface area contributed by atoms with Crippen molar-refractivity contribution >= 4 is 44.9 Å². The maximum absolute atomic E-state index is 4.70. The number of allylic oxidation sites excluding steroid dienone is 1. The average molecular weight is 654 g/mol. The molecule has 0 aliphatic rings. The number of fused-ring (bicyclic) bond motifs is 4. The van der Waals surface area contributed by atoms with E-state index in [0.717, 1.165) is 27.6 Å². The number of aromatic nitrogens is 3. The minimum absolute atomic E-state index is 0.896. The zero-order chi connectivity index (χ0) is 34.3. The molecule has 0 spiro atoms. The molecule has 0 saturated heterocycles. The van der Waals surface area contributed by atoms with Crippen LogP contribution >= 0.6 is 0 Å². The average Bonchev–Trinajstić information content (AvgIpc) is 3.70. The quantitative estimate of drug-likeness (QED) is 0.175. The second-order valence-corrected chi connectivity index (χ2v) is 12.8. The van der Waals surface area contributed by atoms with Gasteiger partial charge in [-0.15, -0.1) is 0 Å². The van der Waals surface area contributed by atoms with Gasteiger partial charge in [-0.05, 0) is 101 Å². The molecular formula is C48H35N3. The molecule has 9 rings (SSSR count). The third kappa shape index (κ3) is 5.19. The standard InChI is InChI=1S/C48H35N3/c1-3-15-40-42-31-36(24-26-47(42)51(44(40)4-2)48-22-13-14-27-49-48)35-23-25-46-43(32-35)41-20-11-12-21-45(41)50(46)39-29-37(33-16-7-5-8-17-33)28-38(30-39)34-18-9-6-10-19-34/h3-32H,1H2,2H3/b40-15-,44-4+. The van der Waals surface area contributed by atoms with Crippen LogP contribution in [0.25, 0.3) is 89.7 Å². The molecule has 6 aromatic carbocycles. The summed E-state index contributed by atoms with van der Waals surface area (Å²) in [5.74, 6) is 0.896. The Labute approximate surface area is 297 Å². The fourth-order valence-electron chi connectivity index (χ4n) is 7.59. The van der Waals surface area contributed by atoms with E-state index in [2.05, 4.69) is 180 Å². The molecule has 0 aliphatic carbocycles. The highest BCUT2D eigenvalue weighted by Crippen LogP contribution is 2.38. The summed E-state index contributed by atoms with van der Waals surface area (Å²) in [5.41, 5.74) is 11.7. The Hall–Kier alpha value is -6.71. The van der Waals surface area contributed by atoms with E-state index in [1.165, 1.54) is 60.6 Å². The van der Waals surface area contributed by atoms with Crippen molar-refractivity contribution in [3.8, 4) is 44.9 Å². The van der Waals surface area contributed by atoms with Gasteiger partial charge in [-0.3, -0.25) is 4.57 Å². The Kier molecular flexibility index (Phi) is 7.52. The van der Waals surface area contributed by atoms with Gasteiger partial charge >= 0.3 is 0 Å². The summed E-state index contributed by atoms with van der Waals surface area (Å²) < 4.78 is 4.66. The fourth-order valence-corrected chi connectivity index (χ4v) is 7.59. The van der Waals surface area contributed by atoms with Crippen LogP contribution in [0.15, 0.2) is 177 Å². The van der Waals surface area contributed by atoms with E-state index in [1.807, 2.05) is 24.4 Å². The van der Waals surface area contributed by atoms with Crippen LogP contribution in [-0.4, -0.2) is 14.1 Å². The van der Waals surface area contributed by atoms with Crippen molar-refractivity contribution in [3.05, 3.63) is 187 Å². The lowest BCUT2D eigenvalue weighted by Crippen LogP contribution is -2.28. The summed E-state index contributed by atoms with van der Waals surface area (Å²) in [5, 5.41) is 5.86. The zero-order valence-electron chi connectivity index (χ0n) is 28.4. The summed E-state index contributed by atoms with van der Waals surface area (Å²) >= 11 is 0. The molecule has 0 atom stereocenters. The molecule has 3 heteroatoms. The van der Waals surface area contributed by atoms with Gasteiger partial charge in [-0.1, -0.05) is 122 Å². The summed E-state index contributed by atoms with van der Waals surface area (Å²) in [6.07, 6.45) is 7.97. The first-order valence-corrected chi connectivity index (χ1v) is 17.4. The highest BCUT2D eigenvalue weighted by atomic mass is 15.1. The Morgan fingerprint density at radius 1 is 0.490 bits per heavy atom. The van der Waals surface area contributed by atoms with Crippen LogP contribution in [0.4, 0.5) is 0 Å². The lowest BCUT2D eigenvalue weighted by atomic mass is 9.98.